The second-order valence-electron chi connectivity index (χ2n) is 3.66. The van der Waals surface area contributed by atoms with Crippen LogP contribution in [0.25, 0.3) is 0 Å². The lowest BCUT2D eigenvalue weighted by Crippen LogP contribution is -1.92. The summed E-state index contributed by atoms with van der Waals surface area (Å²) in [6, 6.07) is 5.89. The van der Waals surface area contributed by atoms with E-state index in [-0.39, 0.29) is 0 Å². The van der Waals surface area contributed by atoms with Gasteiger partial charge in [0.15, 0.2) is 0 Å². The number of aromatic nitrogens is 2. The van der Waals surface area contributed by atoms with Crippen LogP contribution in [0.4, 0.5) is 17.1 Å². The number of rotatable bonds is 2. The van der Waals surface area contributed by atoms with Crippen molar-refractivity contribution in [2.75, 3.05) is 11.1 Å². The lowest BCUT2D eigenvalue weighted by Gasteiger charge is -2.05. The van der Waals surface area contributed by atoms with Crippen molar-refractivity contribution >= 4 is 17.1 Å². The standard InChI is InChI=1S/C11H14N4/c1-8-3-9(12)5-10(4-8)14-11-6-13-15(2)7-11/h3-7,14H,12H2,1-2H3. The van der Waals surface area contributed by atoms with Crippen LogP contribution < -0.4 is 11.1 Å². The monoisotopic (exact) mass is 202 g/mol. The smallest absolute Gasteiger partial charge is 0.0770 e. The number of hydrogen-bond acceptors (Lipinski definition) is 3. The van der Waals surface area contributed by atoms with Crippen LogP contribution in [-0.4, -0.2) is 9.78 Å². The molecule has 2 rings (SSSR count). The molecule has 1 aromatic heterocycles. The SMILES string of the molecule is Cc1cc(N)cc(Nc2cnn(C)c2)c1. The molecule has 1 heterocycles. The molecule has 0 saturated carbocycles. The van der Waals surface area contributed by atoms with Crippen molar-refractivity contribution in [2.45, 2.75) is 6.92 Å². The second-order valence-corrected chi connectivity index (χ2v) is 3.66. The van der Waals surface area contributed by atoms with Gasteiger partial charge in [-0.1, -0.05) is 0 Å². The van der Waals surface area contributed by atoms with Crippen LogP contribution in [0, 0.1) is 6.92 Å². The zero-order valence-electron chi connectivity index (χ0n) is 8.86. The van der Waals surface area contributed by atoms with Crippen LogP contribution in [0.3, 0.4) is 0 Å². The molecule has 15 heavy (non-hydrogen) atoms. The van der Waals surface area contributed by atoms with Crippen LogP contribution in [0.5, 0.6) is 0 Å². The van der Waals surface area contributed by atoms with E-state index in [2.05, 4.69) is 10.4 Å². The maximum atomic E-state index is 5.76. The Kier molecular flexibility index (Phi) is 2.33. The Morgan fingerprint density at radius 1 is 1.27 bits per heavy atom. The molecule has 4 nitrogen and oxygen atoms in total. The molecule has 4 heteroatoms. The lowest BCUT2D eigenvalue weighted by atomic mass is 10.2. The first kappa shape index (κ1) is 9.58. The number of nitrogens with two attached hydrogens (primary N) is 1. The first-order valence-corrected chi connectivity index (χ1v) is 4.76. The highest BCUT2D eigenvalue weighted by Gasteiger charge is 1.98. The normalized spacial score (nSPS) is 10.3. The fourth-order valence-corrected chi connectivity index (χ4v) is 1.54. The van der Waals surface area contributed by atoms with Gasteiger partial charge in [0.25, 0.3) is 0 Å². The number of aryl methyl sites for hydroxylation is 2. The van der Waals surface area contributed by atoms with Crippen LogP contribution in [-0.2, 0) is 7.05 Å². The Morgan fingerprint density at radius 2 is 2.07 bits per heavy atom. The zero-order chi connectivity index (χ0) is 10.8. The number of nitrogens with zero attached hydrogens (tertiary/aromatic N) is 2. The molecule has 0 atom stereocenters. The molecule has 0 fully saturated rings. The second kappa shape index (κ2) is 3.65. The maximum absolute atomic E-state index is 5.76. The minimum absolute atomic E-state index is 0.765. The predicted octanol–water partition coefficient (Wildman–Crippen LogP) is 2.05. The van der Waals surface area contributed by atoms with Crippen molar-refractivity contribution in [3.8, 4) is 0 Å². The Morgan fingerprint density at radius 3 is 2.67 bits per heavy atom. The fourth-order valence-electron chi connectivity index (χ4n) is 1.54. The van der Waals surface area contributed by atoms with Gasteiger partial charge in [0.1, 0.15) is 0 Å². The van der Waals surface area contributed by atoms with E-state index in [0.717, 1.165) is 22.6 Å². The molecule has 0 bridgehead atoms. The molecule has 0 aliphatic heterocycles. The van der Waals surface area contributed by atoms with Gasteiger partial charge < -0.3 is 11.1 Å². The minimum Gasteiger partial charge on any atom is -0.399 e. The Bertz CT molecular complexity index is 453. The van der Waals surface area contributed by atoms with E-state index in [1.54, 1.807) is 10.9 Å². The third kappa shape index (κ3) is 2.28. The van der Waals surface area contributed by atoms with Crippen LogP contribution in [0.2, 0.25) is 0 Å². The summed E-state index contributed by atoms with van der Waals surface area (Å²) >= 11 is 0. The largest absolute Gasteiger partial charge is 0.399 e. The highest BCUT2D eigenvalue weighted by molar-refractivity contribution is 5.63. The van der Waals surface area contributed by atoms with Gasteiger partial charge in [0, 0.05) is 24.6 Å². The van der Waals surface area contributed by atoms with E-state index in [1.165, 1.54) is 0 Å². The van der Waals surface area contributed by atoms with E-state index in [4.69, 9.17) is 5.73 Å². The highest BCUT2D eigenvalue weighted by Crippen LogP contribution is 2.20. The van der Waals surface area contributed by atoms with E-state index in [1.807, 2.05) is 38.4 Å². The van der Waals surface area contributed by atoms with Crippen molar-refractivity contribution in [1.82, 2.24) is 9.78 Å². The molecule has 0 spiro atoms. The minimum atomic E-state index is 0.765. The van der Waals surface area contributed by atoms with E-state index < -0.39 is 0 Å². The van der Waals surface area contributed by atoms with E-state index in [0.29, 0.717) is 0 Å². The van der Waals surface area contributed by atoms with Gasteiger partial charge in [-0.05, 0) is 30.7 Å². The third-order valence-corrected chi connectivity index (χ3v) is 2.09. The number of benzene rings is 1. The predicted molar refractivity (Wildman–Crippen MR) is 62.1 cm³/mol. The summed E-state index contributed by atoms with van der Waals surface area (Å²) in [4.78, 5) is 0. The van der Waals surface area contributed by atoms with Crippen molar-refractivity contribution in [1.29, 1.82) is 0 Å². The van der Waals surface area contributed by atoms with Gasteiger partial charge in [0.2, 0.25) is 0 Å². The molecule has 0 amide bonds. The van der Waals surface area contributed by atoms with Crippen LogP contribution in [0.15, 0.2) is 30.6 Å². The quantitative estimate of drug-likeness (QED) is 0.733. The van der Waals surface area contributed by atoms with Gasteiger partial charge in [-0.15, -0.1) is 0 Å². The molecular weight excluding hydrogens is 188 g/mol. The lowest BCUT2D eigenvalue weighted by molar-refractivity contribution is 0.768. The summed E-state index contributed by atoms with van der Waals surface area (Å²) in [6.07, 6.45) is 3.69. The first-order chi connectivity index (χ1) is 7.13. The van der Waals surface area contributed by atoms with Crippen molar-refractivity contribution in [3.05, 3.63) is 36.2 Å². The molecule has 2 aromatic rings. The molecule has 0 aliphatic rings. The van der Waals surface area contributed by atoms with Gasteiger partial charge in [0.05, 0.1) is 11.9 Å². The average molecular weight is 202 g/mol. The molecule has 0 aliphatic carbocycles. The van der Waals surface area contributed by atoms with Gasteiger partial charge in [-0.3, -0.25) is 4.68 Å². The van der Waals surface area contributed by atoms with E-state index >= 15 is 0 Å². The number of nitrogen functional groups attached to an aromatic ring is 1. The molecule has 0 unspecified atom stereocenters. The Hall–Kier alpha value is -1.97. The summed E-state index contributed by atoms with van der Waals surface area (Å²) in [7, 11) is 1.88. The Labute approximate surface area is 88.7 Å². The number of anilines is 3. The van der Waals surface area contributed by atoms with Gasteiger partial charge in [-0.25, -0.2) is 0 Å². The molecule has 3 N–H and O–H groups in total. The molecule has 1 aromatic carbocycles. The summed E-state index contributed by atoms with van der Waals surface area (Å²) in [5.41, 5.74) is 9.61. The van der Waals surface area contributed by atoms with Crippen molar-refractivity contribution < 1.29 is 0 Å². The molecular formula is C11H14N4. The molecule has 0 saturated heterocycles. The molecule has 0 radical (unpaired) electrons. The van der Waals surface area contributed by atoms with Gasteiger partial charge in [-0.2, -0.15) is 5.10 Å². The summed E-state index contributed by atoms with van der Waals surface area (Å²) in [5, 5.41) is 7.32. The van der Waals surface area contributed by atoms with Crippen molar-refractivity contribution in [3.63, 3.8) is 0 Å². The summed E-state index contributed by atoms with van der Waals surface area (Å²) in [5.74, 6) is 0. The van der Waals surface area contributed by atoms with E-state index in [9.17, 15) is 0 Å². The highest BCUT2D eigenvalue weighted by atomic mass is 15.3. The van der Waals surface area contributed by atoms with Gasteiger partial charge >= 0.3 is 0 Å². The summed E-state index contributed by atoms with van der Waals surface area (Å²) in [6.45, 7) is 2.02. The molecule has 78 valence electrons. The average Bonchev–Trinajstić information content (AvgIpc) is 2.49. The number of hydrogen-bond donors (Lipinski definition) is 2. The maximum Gasteiger partial charge on any atom is 0.0770 e. The van der Waals surface area contributed by atoms with Crippen LogP contribution in [0.1, 0.15) is 5.56 Å². The zero-order valence-corrected chi connectivity index (χ0v) is 8.86. The van der Waals surface area contributed by atoms with Crippen LogP contribution >= 0.6 is 0 Å². The third-order valence-electron chi connectivity index (χ3n) is 2.09. The fraction of sp³-hybridized carbons (Fsp3) is 0.182. The van der Waals surface area contributed by atoms with Crippen molar-refractivity contribution in [2.24, 2.45) is 7.05 Å². The first-order valence-electron chi connectivity index (χ1n) is 4.76. The number of nitrogens with one attached hydrogen (secondary N) is 1. The summed E-state index contributed by atoms with van der Waals surface area (Å²) < 4.78 is 1.75. The topological polar surface area (TPSA) is 55.9 Å². The Balaban J connectivity index is 2.24.